The van der Waals surface area contributed by atoms with Gasteiger partial charge in [0, 0.05) is 15.8 Å². The lowest BCUT2D eigenvalue weighted by molar-refractivity contribution is 1.14. The number of halogens is 1. The Morgan fingerprint density at radius 3 is 2.63 bits per heavy atom. The Balaban J connectivity index is 2.05. The topological polar surface area (TPSA) is 24.1 Å². The lowest BCUT2D eigenvalue weighted by Crippen LogP contribution is -2.19. The van der Waals surface area contributed by atoms with Crippen molar-refractivity contribution in [1.29, 1.82) is 0 Å². The smallest absolute Gasteiger partial charge is 0.175 e. The summed E-state index contributed by atoms with van der Waals surface area (Å²) in [6.45, 7) is 2.13. The van der Waals surface area contributed by atoms with E-state index in [9.17, 15) is 0 Å². The van der Waals surface area contributed by atoms with Gasteiger partial charge < -0.3 is 10.6 Å². The third-order valence-electron chi connectivity index (χ3n) is 2.73. The summed E-state index contributed by atoms with van der Waals surface area (Å²) in [6, 6.07) is 16.1. The van der Waals surface area contributed by atoms with Gasteiger partial charge in [-0.2, -0.15) is 0 Å². The van der Waals surface area contributed by atoms with Gasteiger partial charge in [0.05, 0.1) is 0 Å². The van der Waals surface area contributed by atoms with Crippen molar-refractivity contribution in [2.75, 3.05) is 10.6 Å². The molecule has 0 fully saturated rings. The van der Waals surface area contributed by atoms with E-state index in [-0.39, 0.29) is 0 Å². The Labute approximate surface area is 127 Å². The molecule has 2 aromatic rings. The molecule has 98 valence electrons. The maximum absolute atomic E-state index is 5.33. The van der Waals surface area contributed by atoms with Gasteiger partial charge in [-0.3, -0.25) is 0 Å². The van der Waals surface area contributed by atoms with Gasteiger partial charge in [0.25, 0.3) is 0 Å². The van der Waals surface area contributed by atoms with Crippen molar-refractivity contribution in [3.63, 3.8) is 0 Å². The minimum absolute atomic E-state index is 0.596. The highest BCUT2D eigenvalue weighted by Crippen LogP contribution is 2.18. The van der Waals surface area contributed by atoms with E-state index < -0.39 is 0 Å². The molecule has 0 saturated heterocycles. The Hall–Kier alpha value is -1.39. The molecular formula is C15H15BrN2S. The van der Waals surface area contributed by atoms with Crippen LogP contribution in [-0.4, -0.2) is 5.11 Å². The number of rotatable bonds is 3. The van der Waals surface area contributed by atoms with Crippen LogP contribution in [0.2, 0.25) is 0 Å². The molecule has 0 bridgehead atoms. The van der Waals surface area contributed by atoms with Gasteiger partial charge in [-0.15, -0.1) is 0 Å². The standard InChI is InChI=1S/C15H15BrN2S/c1-2-11-6-3-4-9-14(11)18-15(19)17-13-8-5-7-12(16)10-13/h3-10H,2H2,1H3,(H2,17,18,19). The van der Waals surface area contributed by atoms with Gasteiger partial charge in [-0.05, 0) is 48.5 Å². The molecule has 2 rings (SSSR count). The maximum atomic E-state index is 5.33. The molecule has 0 amide bonds. The van der Waals surface area contributed by atoms with Gasteiger partial charge in [0.15, 0.2) is 5.11 Å². The van der Waals surface area contributed by atoms with Gasteiger partial charge in [-0.25, -0.2) is 0 Å². The van der Waals surface area contributed by atoms with E-state index in [1.807, 2.05) is 42.5 Å². The fourth-order valence-electron chi connectivity index (χ4n) is 1.80. The van der Waals surface area contributed by atoms with Crippen LogP contribution >= 0.6 is 28.1 Å². The highest BCUT2D eigenvalue weighted by atomic mass is 79.9. The average Bonchev–Trinajstić information content (AvgIpc) is 2.39. The molecule has 0 heterocycles. The van der Waals surface area contributed by atoms with E-state index in [4.69, 9.17) is 12.2 Å². The molecule has 0 spiro atoms. The molecule has 0 aliphatic rings. The molecule has 0 aromatic heterocycles. The number of nitrogens with one attached hydrogen (secondary N) is 2. The van der Waals surface area contributed by atoms with Crippen LogP contribution < -0.4 is 10.6 Å². The second-order valence-electron chi connectivity index (χ2n) is 4.10. The summed E-state index contributed by atoms with van der Waals surface area (Å²) in [5, 5.41) is 7.00. The van der Waals surface area contributed by atoms with E-state index in [1.54, 1.807) is 0 Å². The van der Waals surface area contributed by atoms with Gasteiger partial charge >= 0.3 is 0 Å². The van der Waals surface area contributed by atoms with E-state index in [0.717, 1.165) is 22.3 Å². The normalized spacial score (nSPS) is 10.0. The van der Waals surface area contributed by atoms with E-state index in [1.165, 1.54) is 5.56 Å². The summed E-state index contributed by atoms with van der Waals surface area (Å²) in [5.41, 5.74) is 3.26. The van der Waals surface area contributed by atoms with Crippen LogP contribution in [0.25, 0.3) is 0 Å². The zero-order valence-corrected chi connectivity index (χ0v) is 13.0. The minimum atomic E-state index is 0.596. The highest BCUT2D eigenvalue weighted by molar-refractivity contribution is 9.10. The second-order valence-corrected chi connectivity index (χ2v) is 5.42. The first-order chi connectivity index (χ1) is 9.19. The first kappa shape index (κ1) is 14.0. The quantitative estimate of drug-likeness (QED) is 0.787. The third-order valence-corrected chi connectivity index (χ3v) is 3.43. The van der Waals surface area contributed by atoms with Crippen LogP contribution in [0.1, 0.15) is 12.5 Å². The fraction of sp³-hybridized carbons (Fsp3) is 0.133. The summed E-state index contributed by atoms with van der Waals surface area (Å²) in [4.78, 5) is 0. The van der Waals surface area contributed by atoms with Crippen LogP contribution in [0.15, 0.2) is 53.0 Å². The van der Waals surface area contributed by atoms with Crippen LogP contribution in [-0.2, 0) is 6.42 Å². The van der Waals surface area contributed by atoms with E-state index >= 15 is 0 Å². The van der Waals surface area contributed by atoms with Crippen molar-refractivity contribution in [1.82, 2.24) is 0 Å². The number of aryl methyl sites for hydroxylation is 1. The van der Waals surface area contributed by atoms with Gasteiger partial charge in [-0.1, -0.05) is 47.1 Å². The number of hydrogen-bond acceptors (Lipinski definition) is 1. The molecule has 2 aromatic carbocycles. The van der Waals surface area contributed by atoms with Crippen LogP contribution in [0.4, 0.5) is 11.4 Å². The molecule has 2 N–H and O–H groups in total. The summed E-state index contributed by atoms with van der Waals surface area (Å²) in [5.74, 6) is 0. The third kappa shape index (κ3) is 4.04. The first-order valence-corrected chi connectivity index (χ1v) is 7.30. The number of para-hydroxylation sites is 1. The molecule has 19 heavy (non-hydrogen) atoms. The average molecular weight is 335 g/mol. The van der Waals surface area contributed by atoms with E-state index in [2.05, 4.69) is 39.6 Å². The zero-order valence-electron chi connectivity index (χ0n) is 10.6. The summed E-state index contributed by atoms with van der Waals surface area (Å²) in [7, 11) is 0. The molecule has 0 unspecified atom stereocenters. The van der Waals surface area contributed by atoms with Crippen molar-refractivity contribution >= 4 is 44.6 Å². The molecule has 0 saturated carbocycles. The largest absolute Gasteiger partial charge is 0.332 e. The Morgan fingerprint density at radius 1 is 1.11 bits per heavy atom. The minimum Gasteiger partial charge on any atom is -0.332 e. The summed E-state index contributed by atoms with van der Waals surface area (Å²) >= 11 is 8.77. The summed E-state index contributed by atoms with van der Waals surface area (Å²) < 4.78 is 1.02. The highest BCUT2D eigenvalue weighted by Gasteiger charge is 2.02. The molecular weight excluding hydrogens is 320 g/mol. The Bertz CT molecular complexity index is 584. The van der Waals surface area contributed by atoms with Crippen molar-refractivity contribution in [2.24, 2.45) is 0 Å². The predicted molar refractivity (Wildman–Crippen MR) is 89.8 cm³/mol. The number of benzene rings is 2. The molecule has 2 nitrogen and oxygen atoms in total. The van der Waals surface area contributed by atoms with Crippen molar-refractivity contribution in [3.8, 4) is 0 Å². The Morgan fingerprint density at radius 2 is 1.89 bits per heavy atom. The van der Waals surface area contributed by atoms with Gasteiger partial charge in [0.2, 0.25) is 0 Å². The van der Waals surface area contributed by atoms with Crippen LogP contribution in [0.5, 0.6) is 0 Å². The molecule has 0 radical (unpaired) electrons. The van der Waals surface area contributed by atoms with Gasteiger partial charge in [0.1, 0.15) is 0 Å². The van der Waals surface area contributed by atoms with Crippen molar-refractivity contribution < 1.29 is 0 Å². The van der Waals surface area contributed by atoms with E-state index in [0.29, 0.717) is 5.11 Å². The SMILES string of the molecule is CCc1ccccc1NC(=S)Nc1cccc(Br)c1. The predicted octanol–water partition coefficient (Wildman–Crippen LogP) is 4.82. The number of anilines is 2. The number of hydrogen-bond donors (Lipinski definition) is 2. The zero-order chi connectivity index (χ0) is 13.7. The molecule has 0 aliphatic carbocycles. The van der Waals surface area contributed by atoms with Crippen molar-refractivity contribution in [3.05, 3.63) is 58.6 Å². The number of thiocarbonyl (C=S) groups is 1. The monoisotopic (exact) mass is 334 g/mol. The molecule has 0 atom stereocenters. The van der Waals surface area contributed by atoms with Crippen LogP contribution in [0, 0.1) is 0 Å². The first-order valence-electron chi connectivity index (χ1n) is 6.10. The molecule has 4 heteroatoms. The lowest BCUT2D eigenvalue weighted by atomic mass is 10.1. The van der Waals surface area contributed by atoms with Crippen LogP contribution in [0.3, 0.4) is 0 Å². The fourth-order valence-corrected chi connectivity index (χ4v) is 2.43. The Kier molecular flexibility index (Phi) is 4.93. The summed E-state index contributed by atoms with van der Waals surface area (Å²) in [6.07, 6.45) is 0.975. The maximum Gasteiger partial charge on any atom is 0.175 e. The van der Waals surface area contributed by atoms with Crippen molar-refractivity contribution in [2.45, 2.75) is 13.3 Å². The second kappa shape index (κ2) is 6.68. The lowest BCUT2D eigenvalue weighted by Gasteiger charge is -2.13. The molecule has 0 aliphatic heterocycles.